The molecule has 1 aliphatic rings. The lowest BCUT2D eigenvalue weighted by Crippen LogP contribution is -2.16. The maximum Gasteiger partial charge on any atom is 0.234 e. The number of anilines is 1. The number of benzene rings is 2. The molecule has 1 N–H and O–H groups in total. The minimum atomic E-state index is -0.129. The van der Waals surface area contributed by atoms with Crippen molar-refractivity contribution in [2.24, 2.45) is 9.98 Å². The first kappa shape index (κ1) is 20.7. The number of halogens is 1. The van der Waals surface area contributed by atoms with Gasteiger partial charge in [-0.25, -0.2) is 9.98 Å². The minimum absolute atomic E-state index is 0.129. The Kier molecular flexibility index (Phi) is 6.52. The molecule has 0 radical (unpaired) electrons. The molecule has 1 aliphatic heterocycles. The average molecular weight is 456 g/mol. The highest BCUT2D eigenvalue weighted by Gasteiger charge is 2.17. The van der Waals surface area contributed by atoms with E-state index >= 15 is 0 Å². The Hall–Kier alpha value is -2.61. The predicted molar refractivity (Wildman–Crippen MR) is 128 cm³/mol. The van der Waals surface area contributed by atoms with Crippen molar-refractivity contribution in [2.75, 3.05) is 18.2 Å². The van der Waals surface area contributed by atoms with Crippen molar-refractivity contribution in [1.82, 2.24) is 0 Å². The van der Waals surface area contributed by atoms with Gasteiger partial charge in [-0.1, -0.05) is 29.8 Å². The number of fused-ring (bicyclic) bond motifs is 1. The molecule has 0 saturated heterocycles. The lowest BCUT2D eigenvalue weighted by atomic mass is 10.2. The van der Waals surface area contributed by atoms with E-state index in [4.69, 9.17) is 26.3 Å². The number of methoxy groups -OCH3 is 1. The van der Waals surface area contributed by atoms with Gasteiger partial charge in [0.05, 0.1) is 40.0 Å². The van der Waals surface area contributed by atoms with E-state index in [9.17, 15) is 4.79 Å². The molecule has 5 nitrogen and oxygen atoms in total. The van der Waals surface area contributed by atoms with Crippen LogP contribution < -0.4 is 10.1 Å². The van der Waals surface area contributed by atoms with E-state index in [1.165, 1.54) is 11.8 Å². The van der Waals surface area contributed by atoms with E-state index in [1.54, 1.807) is 36.6 Å². The van der Waals surface area contributed by atoms with Gasteiger partial charge in [0.1, 0.15) is 5.75 Å². The lowest BCUT2D eigenvalue weighted by Gasteiger charge is -2.09. The summed E-state index contributed by atoms with van der Waals surface area (Å²) in [7, 11) is 1.55. The summed E-state index contributed by atoms with van der Waals surface area (Å²) in [6.45, 7) is 0. The molecule has 152 valence electrons. The lowest BCUT2D eigenvalue weighted by molar-refractivity contribution is -0.113. The summed E-state index contributed by atoms with van der Waals surface area (Å²) in [5.74, 6) is 0.675. The van der Waals surface area contributed by atoms with Crippen molar-refractivity contribution in [2.45, 2.75) is 6.42 Å². The number of ether oxygens (including phenoxy) is 1. The van der Waals surface area contributed by atoms with Crippen LogP contribution in [0.4, 0.5) is 17.1 Å². The van der Waals surface area contributed by atoms with Crippen LogP contribution >= 0.6 is 34.7 Å². The topological polar surface area (TPSA) is 63.0 Å². The van der Waals surface area contributed by atoms with Crippen molar-refractivity contribution in [1.29, 1.82) is 0 Å². The van der Waals surface area contributed by atoms with E-state index in [0.717, 1.165) is 27.0 Å². The number of hydrogen-bond acceptors (Lipinski definition) is 6. The third kappa shape index (κ3) is 4.92. The van der Waals surface area contributed by atoms with Crippen LogP contribution in [0.3, 0.4) is 0 Å². The Morgan fingerprint density at radius 1 is 1.17 bits per heavy atom. The first-order chi connectivity index (χ1) is 14.6. The fraction of sp³-hybridized carbons (Fsp3) is 0.136. The van der Waals surface area contributed by atoms with E-state index in [2.05, 4.69) is 11.4 Å². The van der Waals surface area contributed by atoms with Gasteiger partial charge >= 0.3 is 0 Å². The van der Waals surface area contributed by atoms with Crippen LogP contribution in [0.1, 0.15) is 11.3 Å². The fourth-order valence-electron chi connectivity index (χ4n) is 2.91. The molecule has 0 atom stereocenters. The smallest absolute Gasteiger partial charge is 0.234 e. The highest BCUT2D eigenvalue weighted by atomic mass is 35.5. The Morgan fingerprint density at radius 2 is 1.97 bits per heavy atom. The number of aliphatic imine (C=N–C) groups is 2. The summed E-state index contributed by atoms with van der Waals surface area (Å²) in [5, 5.41) is 6.20. The number of para-hydroxylation sites is 2. The number of rotatable bonds is 5. The number of nitrogens with zero attached hydrogens (tertiary/aromatic N) is 2. The van der Waals surface area contributed by atoms with Crippen LogP contribution in [0.2, 0.25) is 5.02 Å². The van der Waals surface area contributed by atoms with Crippen LogP contribution in [0.15, 0.2) is 70.0 Å². The van der Waals surface area contributed by atoms with Gasteiger partial charge in [0.25, 0.3) is 0 Å². The minimum Gasteiger partial charge on any atom is -0.495 e. The number of thioether (sulfide) groups is 1. The number of hydrogen-bond donors (Lipinski definition) is 1. The first-order valence-corrected chi connectivity index (χ1v) is 11.4. The predicted octanol–water partition coefficient (Wildman–Crippen LogP) is 6.34. The number of carbonyl (C=O) groups excluding carboxylic acids is 1. The van der Waals surface area contributed by atoms with Crippen molar-refractivity contribution in [3.63, 3.8) is 0 Å². The largest absolute Gasteiger partial charge is 0.495 e. The standard InChI is InChI=1S/C22H18ClN3O2S2/c1-28-19-9-8-14(11-15(19)23)24-21(27)13-30-22-12-18(20-7-4-10-29-20)25-16-5-2-3-6-17(16)26-22/h2-11H,12-13H2,1H3,(H,24,27). The van der Waals surface area contributed by atoms with Gasteiger partial charge in [-0.15, -0.1) is 23.1 Å². The average Bonchev–Trinajstić information content (AvgIpc) is 3.21. The Bertz CT molecular complexity index is 1130. The molecular formula is C22H18ClN3O2S2. The van der Waals surface area contributed by atoms with Gasteiger partial charge in [-0.05, 0) is 41.8 Å². The van der Waals surface area contributed by atoms with E-state index in [-0.39, 0.29) is 11.7 Å². The molecule has 0 saturated carbocycles. The van der Waals surface area contributed by atoms with Gasteiger partial charge in [-0.3, -0.25) is 4.79 Å². The number of carbonyl (C=O) groups is 1. The molecule has 0 aliphatic carbocycles. The molecule has 0 spiro atoms. The molecule has 2 aromatic carbocycles. The van der Waals surface area contributed by atoms with Crippen molar-refractivity contribution in [3.05, 3.63) is 69.9 Å². The monoisotopic (exact) mass is 455 g/mol. The van der Waals surface area contributed by atoms with Crippen LogP contribution in [-0.4, -0.2) is 29.5 Å². The van der Waals surface area contributed by atoms with Crippen LogP contribution in [0.25, 0.3) is 0 Å². The first-order valence-electron chi connectivity index (χ1n) is 9.16. The summed E-state index contributed by atoms with van der Waals surface area (Å²) >= 11 is 9.20. The van der Waals surface area contributed by atoms with Gasteiger partial charge in [0.2, 0.25) is 5.91 Å². The van der Waals surface area contributed by atoms with Crippen molar-refractivity contribution >= 4 is 68.4 Å². The molecule has 3 aromatic rings. The third-order valence-corrected chi connectivity index (χ3v) is 6.50. The molecule has 8 heteroatoms. The molecule has 30 heavy (non-hydrogen) atoms. The quantitative estimate of drug-likeness (QED) is 0.488. The highest BCUT2D eigenvalue weighted by Crippen LogP contribution is 2.34. The zero-order valence-corrected chi connectivity index (χ0v) is 18.5. The molecule has 1 amide bonds. The van der Waals surface area contributed by atoms with Gasteiger partial charge in [0.15, 0.2) is 0 Å². The maximum atomic E-state index is 12.5. The molecule has 0 bridgehead atoms. The molecular weight excluding hydrogens is 438 g/mol. The Labute approximate surface area is 187 Å². The molecule has 1 aromatic heterocycles. The summed E-state index contributed by atoms with van der Waals surface area (Å²) in [6, 6.07) is 17.0. The molecule has 4 rings (SSSR count). The summed E-state index contributed by atoms with van der Waals surface area (Å²) in [5.41, 5.74) is 3.24. The van der Waals surface area contributed by atoms with E-state index in [0.29, 0.717) is 22.9 Å². The van der Waals surface area contributed by atoms with Crippen LogP contribution in [-0.2, 0) is 4.79 Å². The summed E-state index contributed by atoms with van der Waals surface area (Å²) < 4.78 is 5.14. The Morgan fingerprint density at radius 3 is 2.67 bits per heavy atom. The SMILES string of the molecule is COc1ccc(NC(=O)CSC2=Nc3ccccc3N=C(c3cccs3)C2)cc1Cl. The van der Waals surface area contributed by atoms with Crippen LogP contribution in [0.5, 0.6) is 5.75 Å². The van der Waals surface area contributed by atoms with E-state index in [1.807, 2.05) is 35.7 Å². The molecule has 0 fully saturated rings. The highest BCUT2D eigenvalue weighted by molar-refractivity contribution is 8.14. The maximum absolute atomic E-state index is 12.5. The molecule has 2 heterocycles. The van der Waals surface area contributed by atoms with Crippen molar-refractivity contribution in [3.8, 4) is 5.75 Å². The number of nitrogens with one attached hydrogen (secondary N) is 1. The van der Waals surface area contributed by atoms with Crippen LogP contribution in [0, 0.1) is 0 Å². The fourth-order valence-corrected chi connectivity index (χ4v) is 4.66. The van der Waals surface area contributed by atoms with Gasteiger partial charge < -0.3 is 10.1 Å². The second-order valence-electron chi connectivity index (χ2n) is 6.39. The second kappa shape index (κ2) is 9.47. The zero-order valence-electron chi connectivity index (χ0n) is 16.1. The Balaban J connectivity index is 1.47. The zero-order chi connectivity index (χ0) is 20.9. The second-order valence-corrected chi connectivity index (χ2v) is 8.80. The third-order valence-electron chi connectivity index (χ3n) is 4.31. The normalized spacial score (nSPS) is 13.0. The number of amides is 1. The summed E-state index contributed by atoms with van der Waals surface area (Å²) in [4.78, 5) is 23.2. The van der Waals surface area contributed by atoms with Gasteiger partial charge in [0, 0.05) is 17.0 Å². The van der Waals surface area contributed by atoms with E-state index < -0.39 is 0 Å². The van der Waals surface area contributed by atoms with Crippen molar-refractivity contribution < 1.29 is 9.53 Å². The number of thiophene rings is 1. The molecule has 0 unspecified atom stereocenters. The summed E-state index contributed by atoms with van der Waals surface area (Å²) in [6.07, 6.45) is 0.585. The van der Waals surface area contributed by atoms with Gasteiger partial charge in [-0.2, -0.15) is 0 Å².